The molecule has 0 aromatic rings. The minimum Gasteiger partial charge on any atom is -0.444 e. The fourth-order valence-corrected chi connectivity index (χ4v) is 1.60. The van der Waals surface area contributed by atoms with Gasteiger partial charge >= 0.3 is 6.09 Å². The molecule has 1 saturated heterocycles. The van der Waals surface area contributed by atoms with Crippen LogP contribution in [-0.2, 0) is 4.74 Å². The molecule has 0 aliphatic carbocycles. The Hall–Kier alpha value is -0.870. The lowest BCUT2D eigenvalue weighted by Crippen LogP contribution is -2.42. The van der Waals surface area contributed by atoms with Crippen LogP contribution in [-0.4, -0.2) is 35.6 Å². The monoisotopic (exact) mass is 221 g/mol. The number of carbonyl (C=O) groups excluding carboxylic acids is 1. The number of hydrogen-bond acceptors (Lipinski definition) is 2. The van der Waals surface area contributed by atoms with Gasteiger partial charge in [0, 0.05) is 6.54 Å². The fraction of sp³-hybridized carbons (Fsp3) is 0.900. The molecular formula is C10H17F2NO2. The maximum absolute atomic E-state index is 12.5. The van der Waals surface area contributed by atoms with Crippen molar-refractivity contribution in [1.29, 1.82) is 0 Å². The van der Waals surface area contributed by atoms with Crippen LogP contribution in [0.2, 0.25) is 0 Å². The summed E-state index contributed by atoms with van der Waals surface area (Å²) >= 11 is 0. The number of carbonyl (C=O) groups is 1. The van der Waals surface area contributed by atoms with Crippen LogP contribution in [0.25, 0.3) is 0 Å². The normalized spacial score (nSPS) is 22.3. The predicted molar refractivity (Wildman–Crippen MR) is 52.0 cm³/mol. The molecule has 88 valence electrons. The standard InChI is InChI=1S/C10H17F2NO2/c1-10(2,3)15-9(14)13-6-4-5-7(13)8(11)12/h7-8H,4-6H2,1-3H3/t7-/m1/s1. The Bertz CT molecular complexity index is 238. The van der Waals surface area contributed by atoms with Crippen LogP contribution in [0.3, 0.4) is 0 Å². The first-order chi connectivity index (χ1) is 6.81. The average molecular weight is 221 g/mol. The van der Waals surface area contributed by atoms with Crippen molar-refractivity contribution in [3.05, 3.63) is 0 Å². The van der Waals surface area contributed by atoms with Crippen molar-refractivity contribution in [3.8, 4) is 0 Å². The largest absolute Gasteiger partial charge is 0.444 e. The Balaban J connectivity index is 2.59. The molecular weight excluding hydrogens is 204 g/mol. The van der Waals surface area contributed by atoms with Gasteiger partial charge in [0.25, 0.3) is 6.43 Å². The van der Waals surface area contributed by atoms with Gasteiger partial charge in [0.1, 0.15) is 5.60 Å². The highest BCUT2D eigenvalue weighted by molar-refractivity contribution is 5.69. The molecule has 0 radical (unpaired) electrons. The van der Waals surface area contributed by atoms with Gasteiger partial charge in [-0.25, -0.2) is 13.6 Å². The molecule has 1 atom stereocenters. The first-order valence-electron chi connectivity index (χ1n) is 5.09. The van der Waals surface area contributed by atoms with Gasteiger partial charge in [-0.05, 0) is 33.6 Å². The summed E-state index contributed by atoms with van der Waals surface area (Å²) in [4.78, 5) is 12.7. The van der Waals surface area contributed by atoms with Gasteiger partial charge in [-0.3, -0.25) is 4.90 Å². The number of hydrogen-bond donors (Lipinski definition) is 0. The van der Waals surface area contributed by atoms with Crippen molar-refractivity contribution < 1.29 is 18.3 Å². The summed E-state index contributed by atoms with van der Waals surface area (Å²) in [6, 6.07) is -0.972. The summed E-state index contributed by atoms with van der Waals surface area (Å²) in [5.41, 5.74) is -0.633. The SMILES string of the molecule is CC(C)(C)OC(=O)N1CCC[C@@H]1C(F)F. The zero-order valence-electron chi connectivity index (χ0n) is 9.30. The zero-order valence-corrected chi connectivity index (χ0v) is 9.30. The van der Waals surface area contributed by atoms with Crippen molar-refractivity contribution in [2.45, 2.75) is 51.7 Å². The third-order valence-electron chi connectivity index (χ3n) is 2.22. The van der Waals surface area contributed by atoms with Gasteiger partial charge in [-0.2, -0.15) is 0 Å². The number of amides is 1. The van der Waals surface area contributed by atoms with Crippen molar-refractivity contribution in [1.82, 2.24) is 4.90 Å². The van der Waals surface area contributed by atoms with Crippen LogP contribution in [0, 0.1) is 0 Å². The third kappa shape index (κ3) is 3.32. The summed E-state index contributed by atoms with van der Waals surface area (Å²) in [5.74, 6) is 0. The summed E-state index contributed by atoms with van der Waals surface area (Å²) in [5, 5.41) is 0. The smallest absolute Gasteiger partial charge is 0.410 e. The summed E-state index contributed by atoms with van der Waals surface area (Å²) < 4.78 is 30.1. The van der Waals surface area contributed by atoms with Crippen molar-refractivity contribution in [2.75, 3.05) is 6.54 Å². The Morgan fingerprint density at radius 1 is 1.47 bits per heavy atom. The fourth-order valence-electron chi connectivity index (χ4n) is 1.60. The maximum Gasteiger partial charge on any atom is 0.410 e. The third-order valence-corrected chi connectivity index (χ3v) is 2.22. The van der Waals surface area contributed by atoms with E-state index in [-0.39, 0.29) is 0 Å². The molecule has 1 amide bonds. The van der Waals surface area contributed by atoms with Crippen LogP contribution in [0.15, 0.2) is 0 Å². The molecule has 5 heteroatoms. The molecule has 3 nitrogen and oxygen atoms in total. The van der Waals surface area contributed by atoms with Crippen molar-refractivity contribution >= 4 is 6.09 Å². The lowest BCUT2D eigenvalue weighted by Gasteiger charge is -2.28. The number of likely N-dealkylation sites (tertiary alicyclic amines) is 1. The molecule has 0 spiro atoms. The van der Waals surface area contributed by atoms with E-state index < -0.39 is 24.2 Å². The molecule has 0 saturated carbocycles. The van der Waals surface area contributed by atoms with E-state index in [2.05, 4.69) is 0 Å². The lowest BCUT2D eigenvalue weighted by atomic mass is 10.2. The highest BCUT2D eigenvalue weighted by Crippen LogP contribution is 2.24. The molecule has 1 rings (SSSR count). The number of halogens is 2. The second-order valence-electron chi connectivity index (χ2n) is 4.72. The number of rotatable bonds is 1. The molecule has 0 N–H and O–H groups in total. The predicted octanol–water partition coefficient (Wildman–Crippen LogP) is 2.65. The first kappa shape index (κ1) is 12.2. The average Bonchev–Trinajstić information content (AvgIpc) is 2.47. The number of alkyl halides is 2. The Morgan fingerprint density at radius 2 is 2.07 bits per heavy atom. The summed E-state index contributed by atoms with van der Waals surface area (Å²) in [6.45, 7) is 5.53. The molecule has 0 aromatic carbocycles. The van der Waals surface area contributed by atoms with E-state index in [4.69, 9.17) is 4.74 Å². The second kappa shape index (κ2) is 4.33. The van der Waals surface area contributed by atoms with Crippen molar-refractivity contribution in [2.24, 2.45) is 0 Å². The number of nitrogens with zero attached hydrogens (tertiary/aromatic N) is 1. The van der Waals surface area contributed by atoms with E-state index in [0.717, 1.165) is 4.90 Å². The van der Waals surface area contributed by atoms with Gasteiger partial charge in [-0.15, -0.1) is 0 Å². The van der Waals surface area contributed by atoms with E-state index in [1.165, 1.54) is 0 Å². The Morgan fingerprint density at radius 3 is 2.53 bits per heavy atom. The second-order valence-corrected chi connectivity index (χ2v) is 4.72. The molecule has 15 heavy (non-hydrogen) atoms. The first-order valence-corrected chi connectivity index (χ1v) is 5.09. The van der Waals surface area contributed by atoms with Crippen molar-refractivity contribution in [3.63, 3.8) is 0 Å². The molecule has 0 bridgehead atoms. The van der Waals surface area contributed by atoms with E-state index in [9.17, 15) is 13.6 Å². The van der Waals surface area contributed by atoms with Gasteiger partial charge < -0.3 is 4.74 Å². The zero-order chi connectivity index (χ0) is 11.6. The van der Waals surface area contributed by atoms with Gasteiger partial charge in [0.05, 0.1) is 6.04 Å². The molecule has 0 aromatic heterocycles. The lowest BCUT2D eigenvalue weighted by molar-refractivity contribution is -0.00225. The Labute approximate surface area is 88.4 Å². The molecule has 1 heterocycles. The van der Waals surface area contributed by atoms with Crippen LogP contribution >= 0.6 is 0 Å². The summed E-state index contributed by atoms with van der Waals surface area (Å²) in [6.07, 6.45) is -2.14. The molecule has 1 fully saturated rings. The minimum absolute atomic E-state index is 0.358. The summed E-state index contributed by atoms with van der Waals surface area (Å²) in [7, 11) is 0. The van der Waals surface area contributed by atoms with Crippen LogP contribution in [0.5, 0.6) is 0 Å². The molecule has 0 unspecified atom stereocenters. The van der Waals surface area contributed by atoms with Gasteiger partial charge in [0.2, 0.25) is 0 Å². The van der Waals surface area contributed by atoms with E-state index >= 15 is 0 Å². The molecule has 1 aliphatic heterocycles. The minimum atomic E-state index is -2.49. The quantitative estimate of drug-likeness (QED) is 0.681. The van der Waals surface area contributed by atoms with Crippen LogP contribution in [0.1, 0.15) is 33.6 Å². The maximum atomic E-state index is 12.5. The van der Waals surface area contributed by atoms with Crippen LogP contribution in [0.4, 0.5) is 13.6 Å². The highest BCUT2D eigenvalue weighted by Gasteiger charge is 2.37. The topological polar surface area (TPSA) is 29.5 Å². The van der Waals surface area contributed by atoms with E-state index in [0.29, 0.717) is 19.4 Å². The van der Waals surface area contributed by atoms with Crippen LogP contribution < -0.4 is 0 Å². The van der Waals surface area contributed by atoms with Gasteiger partial charge in [0.15, 0.2) is 0 Å². The molecule has 1 aliphatic rings. The Kier molecular flexibility index (Phi) is 3.52. The van der Waals surface area contributed by atoms with E-state index in [1.54, 1.807) is 20.8 Å². The highest BCUT2D eigenvalue weighted by atomic mass is 19.3. The van der Waals surface area contributed by atoms with Gasteiger partial charge in [-0.1, -0.05) is 0 Å². The van der Waals surface area contributed by atoms with E-state index in [1.807, 2.05) is 0 Å². The number of ether oxygens (including phenoxy) is 1.